The zero-order chi connectivity index (χ0) is 18.1. The largest absolute Gasteiger partial charge is 0.423 e. The van der Waals surface area contributed by atoms with Crippen molar-refractivity contribution in [1.29, 1.82) is 0 Å². The summed E-state index contributed by atoms with van der Waals surface area (Å²) < 4.78 is 18.9. The summed E-state index contributed by atoms with van der Waals surface area (Å²) in [6.45, 7) is 0.573. The zero-order valence-electron chi connectivity index (χ0n) is 14.5. The molecule has 2 heterocycles. The fourth-order valence-corrected chi connectivity index (χ4v) is 2.72. The highest BCUT2D eigenvalue weighted by molar-refractivity contribution is 5.78. The fourth-order valence-electron chi connectivity index (χ4n) is 2.72. The normalized spacial score (nSPS) is 11.0. The van der Waals surface area contributed by atoms with E-state index in [1.165, 1.54) is 12.1 Å². The molecule has 0 bridgehead atoms. The van der Waals surface area contributed by atoms with Gasteiger partial charge in [-0.2, -0.15) is 10.1 Å². The number of benzene rings is 2. The van der Waals surface area contributed by atoms with E-state index in [0.29, 0.717) is 12.6 Å². The van der Waals surface area contributed by atoms with Gasteiger partial charge in [-0.05, 0) is 36.4 Å². The van der Waals surface area contributed by atoms with E-state index in [1.54, 1.807) is 18.3 Å². The molecule has 0 spiro atoms. The van der Waals surface area contributed by atoms with Gasteiger partial charge in [0.1, 0.15) is 11.3 Å². The Kier molecular flexibility index (Phi) is 4.04. The van der Waals surface area contributed by atoms with E-state index in [1.807, 2.05) is 37.2 Å². The molecule has 2 aromatic carbocycles. The van der Waals surface area contributed by atoms with Crippen molar-refractivity contribution in [3.63, 3.8) is 0 Å². The fraction of sp³-hybridized carbons (Fsp3) is 0.158. The molecule has 2 N–H and O–H groups in total. The Balaban J connectivity index is 1.53. The van der Waals surface area contributed by atoms with E-state index in [2.05, 4.69) is 20.5 Å². The molecule has 0 amide bonds. The minimum absolute atomic E-state index is 0.259. The average molecular weight is 351 g/mol. The Labute approximate surface area is 149 Å². The smallest absolute Gasteiger partial charge is 0.297 e. The monoisotopic (exact) mass is 351 g/mol. The van der Waals surface area contributed by atoms with Gasteiger partial charge < -0.3 is 14.6 Å². The van der Waals surface area contributed by atoms with Crippen LogP contribution in [-0.4, -0.2) is 29.3 Å². The van der Waals surface area contributed by atoms with Crippen LogP contribution in [0.25, 0.3) is 22.4 Å². The third kappa shape index (κ3) is 3.11. The Morgan fingerprint density at radius 3 is 2.73 bits per heavy atom. The molecule has 0 aliphatic carbocycles. The molecule has 6 nitrogen and oxygen atoms in total. The van der Waals surface area contributed by atoms with E-state index < -0.39 is 0 Å². The summed E-state index contributed by atoms with van der Waals surface area (Å²) in [6, 6.07) is 12.7. The van der Waals surface area contributed by atoms with E-state index in [4.69, 9.17) is 4.42 Å². The highest BCUT2D eigenvalue weighted by Crippen LogP contribution is 2.25. The van der Waals surface area contributed by atoms with Gasteiger partial charge in [-0.25, -0.2) is 4.39 Å². The Bertz CT molecular complexity index is 1040. The SMILES string of the molecule is CN(C)c1nc2ccc(NCc3cn[nH]c3-c3ccc(F)cc3)cc2o1. The van der Waals surface area contributed by atoms with E-state index in [0.717, 1.165) is 33.6 Å². The topological polar surface area (TPSA) is 70.0 Å². The van der Waals surface area contributed by atoms with Crippen LogP contribution in [0.5, 0.6) is 0 Å². The highest BCUT2D eigenvalue weighted by Gasteiger charge is 2.10. The van der Waals surface area contributed by atoms with Crippen molar-refractivity contribution in [3.05, 3.63) is 60.0 Å². The molecule has 2 aromatic heterocycles. The van der Waals surface area contributed by atoms with Crippen molar-refractivity contribution >= 4 is 22.8 Å². The molecule has 0 radical (unpaired) electrons. The molecular weight excluding hydrogens is 333 g/mol. The molecule has 0 fully saturated rings. The van der Waals surface area contributed by atoms with Crippen LogP contribution in [0, 0.1) is 5.82 Å². The van der Waals surface area contributed by atoms with Crippen molar-refractivity contribution in [2.45, 2.75) is 6.54 Å². The van der Waals surface area contributed by atoms with Crippen molar-refractivity contribution < 1.29 is 8.81 Å². The molecule has 0 unspecified atom stereocenters. The molecule has 26 heavy (non-hydrogen) atoms. The lowest BCUT2D eigenvalue weighted by molar-refractivity contribution is 0.597. The van der Waals surface area contributed by atoms with Gasteiger partial charge in [0.25, 0.3) is 6.01 Å². The van der Waals surface area contributed by atoms with Crippen LogP contribution in [0.2, 0.25) is 0 Å². The van der Waals surface area contributed by atoms with Gasteiger partial charge in [0.15, 0.2) is 5.58 Å². The lowest BCUT2D eigenvalue weighted by Gasteiger charge is -2.07. The quantitative estimate of drug-likeness (QED) is 0.568. The minimum Gasteiger partial charge on any atom is -0.423 e. The van der Waals surface area contributed by atoms with E-state index in [9.17, 15) is 4.39 Å². The van der Waals surface area contributed by atoms with Crippen LogP contribution in [0.1, 0.15) is 5.56 Å². The standard InChI is InChI=1S/C19H18FN5O/c1-25(2)19-23-16-8-7-15(9-17(16)26-19)21-10-13-11-22-24-18(13)12-3-5-14(20)6-4-12/h3-9,11,21H,10H2,1-2H3,(H,22,24). The van der Waals surface area contributed by atoms with Gasteiger partial charge >= 0.3 is 0 Å². The number of fused-ring (bicyclic) bond motifs is 1. The molecule has 4 rings (SSSR count). The van der Waals surface area contributed by atoms with Crippen LogP contribution >= 0.6 is 0 Å². The lowest BCUT2D eigenvalue weighted by atomic mass is 10.1. The van der Waals surface area contributed by atoms with E-state index in [-0.39, 0.29) is 5.82 Å². The Morgan fingerprint density at radius 1 is 1.15 bits per heavy atom. The van der Waals surface area contributed by atoms with Gasteiger partial charge in [-0.1, -0.05) is 0 Å². The maximum absolute atomic E-state index is 13.1. The van der Waals surface area contributed by atoms with Crippen LogP contribution in [-0.2, 0) is 6.54 Å². The number of hydrogen-bond donors (Lipinski definition) is 2. The number of nitrogens with one attached hydrogen (secondary N) is 2. The second-order valence-corrected chi connectivity index (χ2v) is 6.20. The van der Waals surface area contributed by atoms with Gasteiger partial charge in [0.2, 0.25) is 0 Å². The van der Waals surface area contributed by atoms with Crippen LogP contribution in [0.4, 0.5) is 16.1 Å². The summed E-state index contributed by atoms with van der Waals surface area (Å²) in [5.74, 6) is -0.259. The van der Waals surface area contributed by atoms with Crippen molar-refractivity contribution in [2.24, 2.45) is 0 Å². The first-order chi connectivity index (χ1) is 12.6. The van der Waals surface area contributed by atoms with Crippen LogP contribution in [0.15, 0.2) is 53.1 Å². The molecule has 0 saturated carbocycles. The third-order valence-electron chi connectivity index (χ3n) is 4.09. The Morgan fingerprint density at radius 2 is 1.96 bits per heavy atom. The third-order valence-corrected chi connectivity index (χ3v) is 4.09. The predicted molar refractivity (Wildman–Crippen MR) is 99.6 cm³/mol. The number of aromatic amines is 1. The predicted octanol–water partition coefficient (Wildman–Crippen LogP) is 4.04. The number of halogens is 1. The number of rotatable bonds is 5. The summed E-state index contributed by atoms with van der Waals surface area (Å²) in [6.07, 6.45) is 1.77. The first kappa shape index (κ1) is 16.1. The van der Waals surface area contributed by atoms with Crippen LogP contribution in [0.3, 0.4) is 0 Å². The molecule has 0 atom stereocenters. The summed E-state index contributed by atoms with van der Waals surface area (Å²) in [7, 11) is 3.78. The highest BCUT2D eigenvalue weighted by atomic mass is 19.1. The second kappa shape index (κ2) is 6.51. The van der Waals surface area contributed by atoms with Crippen LogP contribution < -0.4 is 10.2 Å². The molecule has 7 heteroatoms. The van der Waals surface area contributed by atoms with E-state index >= 15 is 0 Å². The summed E-state index contributed by atoms with van der Waals surface area (Å²) >= 11 is 0. The summed E-state index contributed by atoms with van der Waals surface area (Å²) in [5, 5.41) is 10.5. The number of anilines is 2. The maximum atomic E-state index is 13.1. The maximum Gasteiger partial charge on any atom is 0.297 e. The first-order valence-corrected chi connectivity index (χ1v) is 8.20. The number of nitrogens with zero attached hydrogens (tertiary/aromatic N) is 3. The van der Waals surface area contributed by atoms with Crippen molar-refractivity contribution in [3.8, 4) is 11.3 Å². The number of hydrogen-bond acceptors (Lipinski definition) is 5. The number of H-pyrrole nitrogens is 1. The van der Waals surface area contributed by atoms with Gasteiger partial charge in [0.05, 0.1) is 11.9 Å². The van der Waals surface area contributed by atoms with Crippen molar-refractivity contribution in [1.82, 2.24) is 15.2 Å². The van der Waals surface area contributed by atoms with Gasteiger partial charge in [-0.3, -0.25) is 5.10 Å². The first-order valence-electron chi connectivity index (χ1n) is 8.20. The second-order valence-electron chi connectivity index (χ2n) is 6.20. The molecule has 0 aliphatic heterocycles. The average Bonchev–Trinajstić information content (AvgIpc) is 3.27. The summed E-state index contributed by atoms with van der Waals surface area (Å²) in [4.78, 5) is 6.24. The lowest BCUT2D eigenvalue weighted by Crippen LogP contribution is -2.08. The number of oxazole rings is 1. The zero-order valence-corrected chi connectivity index (χ0v) is 14.5. The summed E-state index contributed by atoms with van der Waals surface area (Å²) in [5.41, 5.74) is 5.21. The Hall–Kier alpha value is -3.35. The molecule has 4 aromatic rings. The molecule has 0 aliphatic rings. The number of aromatic nitrogens is 3. The van der Waals surface area contributed by atoms with Gasteiger partial charge in [0, 0.05) is 43.5 Å². The molecule has 0 saturated heterocycles. The molecular formula is C19H18FN5O. The van der Waals surface area contributed by atoms with Gasteiger partial charge in [-0.15, -0.1) is 0 Å². The van der Waals surface area contributed by atoms with Crippen molar-refractivity contribution in [2.75, 3.05) is 24.3 Å². The minimum atomic E-state index is -0.259. The molecule has 132 valence electrons.